The Bertz CT molecular complexity index is 3710. The number of phenols is 3. The number of nitrogens with zero attached hydrogens (tertiary/aromatic N) is 6. The fraction of sp³-hybridized carbons (Fsp3) is 0.577. The molecule has 2 saturated heterocycles. The molecule has 0 spiro atoms. The fourth-order valence-electron chi connectivity index (χ4n) is 12.8. The number of pyridine rings is 1. The number of rotatable bonds is 15. The van der Waals surface area contributed by atoms with Crippen LogP contribution in [0.25, 0.3) is 21.7 Å². The van der Waals surface area contributed by atoms with E-state index in [-0.39, 0.29) is 93.4 Å². The highest BCUT2D eigenvalue weighted by atomic mass is 19.1. The van der Waals surface area contributed by atoms with Gasteiger partial charge in [0.05, 0.1) is 83.1 Å². The molecule has 2 fully saturated rings. The van der Waals surface area contributed by atoms with E-state index in [0.29, 0.717) is 43.1 Å². The quantitative estimate of drug-likeness (QED) is 0.0227. The molecule has 0 unspecified atom stereocenters. The number of Topliss-reactive ketones (excluding diaryl/α,β-unsaturated/α-hetero) is 1. The minimum Gasteiger partial charge on any atom is -0.507 e. The highest BCUT2D eigenvalue weighted by Crippen LogP contribution is 2.55. The Hall–Kier alpha value is -7.93. The molecule has 6 aliphatic heterocycles. The Balaban J connectivity index is 0.000000279. The molecular formula is C71H102FN9O18. The lowest BCUT2D eigenvalue weighted by Crippen LogP contribution is -2.46. The van der Waals surface area contributed by atoms with Crippen LogP contribution in [0, 0.1) is 36.4 Å². The number of fused-ring (bicyclic) bond motifs is 14. The first-order chi connectivity index (χ1) is 46.9. The van der Waals surface area contributed by atoms with Crippen molar-refractivity contribution in [3.8, 4) is 28.7 Å². The Kier molecular flexibility index (Phi) is 27.3. The summed E-state index contributed by atoms with van der Waals surface area (Å²) in [6, 6.07) is 1.39. The minimum atomic E-state index is -2.04. The predicted octanol–water partition coefficient (Wildman–Crippen LogP) is 5.59. The van der Waals surface area contributed by atoms with Crippen molar-refractivity contribution >= 4 is 62.9 Å². The second-order valence-electron chi connectivity index (χ2n) is 26.6. The van der Waals surface area contributed by atoms with Crippen molar-refractivity contribution < 1.29 is 88.1 Å². The number of likely N-dealkylation sites (N-methyl/N-ethyl adjacent to an activating group) is 2. The average molecular weight is 1390 g/mol. The number of esters is 1. The minimum absolute atomic E-state index is 0.0434. The summed E-state index contributed by atoms with van der Waals surface area (Å²) in [5.41, 5.74) is -0.574. The number of hydrogen-bond donors (Lipinski definition) is 11. The molecule has 1 aromatic heterocycles. The molecule has 12 atom stereocenters. The van der Waals surface area contributed by atoms with Crippen molar-refractivity contribution in [1.82, 2.24) is 30.0 Å². The summed E-state index contributed by atoms with van der Waals surface area (Å²) >= 11 is 0. The van der Waals surface area contributed by atoms with Crippen LogP contribution in [0.5, 0.6) is 28.7 Å². The first-order valence-electron chi connectivity index (χ1n) is 33.8. The maximum Gasteiger partial charge on any atom is 0.341 e. The molecule has 10 rings (SSSR count). The van der Waals surface area contributed by atoms with E-state index in [1.165, 1.54) is 65.6 Å². The van der Waals surface area contributed by atoms with E-state index < -0.39 is 106 Å². The number of carbonyl (C=O) groups is 4. The van der Waals surface area contributed by atoms with Crippen LogP contribution in [0.15, 0.2) is 58.3 Å². The van der Waals surface area contributed by atoms with E-state index in [9.17, 15) is 59.0 Å². The fourth-order valence-corrected chi connectivity index (χ4v) is 12.8. The van der Waals surface area contributed by atoms with Gasteiger partial charge in [0.15, 0.2) is 17.3 Å². The molecule has 27 nitrogen and oxygen atoms in total. The van der Waals surface area contributed by atoms with Gasteiger partial charge in [-0.3, -0.25) is 24.2 Å². The number of aromatic nitrogens is 1. The number of carboxylic acid groups (broad SMARTS) is 1. The van der Waals surface area contributed by atoms with Crippen LogP contribution in [0.2, 0.25) is 0 Å². The van der Waals surface area contributed by atoms with Crippen molar-refractivity contribution in [3.05, 3.63) is 86.7 Å². The Morgan fingerprint density at radius 2 is 1.44 bits per heavy atom. The third-order valence-electron chi connectivity index (χ3n) is 19.5. The largest absolute Gasteiger partial charge is 0.507 e. The summed E-state index contributed by atoms with van der Waals surface area (Å²) in [5.74, 6) is -9.89. The predicted molar refractivity (Wildman–Crippen MR) is 374 cm³/mol. The van der Waals surface area contributed by atoms with Gasteiger partial charge in [0.2, 0.25) is 5.43 Å². The summed E-state index contributed by atoms with van der Waals surface area (Å²) in [6.45, 7) is 26.3. The number of hydrogen-bond acceptors (Lipinski definition) is 24. The van der Waals surface area contributed by atoms with E-state index in [2.05, 4.69) is 30.9 Å². The van der Waals surface area contributed by atoms with Crippen molar-refractivity contribution in [2.45, 2.75) is 137 Å². The average Bonchev–Trinajstić information content (AvgIpc) is 1.66. The summed E-state index contributed by atoms with van der Waals surface area (Å²) < 4.78 is 46.2. The first kappa shape index (κ1) is 78.4. The molecule has 7 heterocycles. The number of benzene rings is 3. The lowest BCUT2D eigenvalue weighted by Gasteiger charge is -2.38. The van der Waals surface area contributed by atoms with Crippen LogP contribution in [-0.2, 0) is 23.8 Å². The summed E-state index contributed by atoms with van der Waals surface area (Å²) in [4.78, 5) is 70.7. The molecule has 4 aromatic rings. The molecule has 546 valence electrons. The molecule has 0 aliphatic carbocycles. The maximum atomic E-state index is 15.0. The third kappa shape index (κ3) is 17.6. The molecule has 3 aromatic carbocycles. The second-order valence-corrected chi connectivity index (χ2v) is 26.6. The number of aliphatic hydroxyl groups excluding tert-OH is 4. The molecule has 6 aliphatic rings. The molecule has 99 heavy (non-hydrogen) atoms. The van der Waals surface area contributed by atoms with Crippen molar-refractivity contribution in [2.24, 2.45) is 28.8 Å². The van der Waals surface area contributed by atoms with Crippen LogP contribution >= 0.6 is 0 Å². The van der Waals surface area contributed by atoms with E-state index in [1.807, 2.05) is 39.8 Å². The highest BCUT2D eigenvalue weighted by Gasteiger charge is 2.50. The number of ether oxygens (including phenoxy) is 5. The molecule has 0 saturated carbocycles. The number of carboxylic acids is 1. The molecule has 5 bridgehead atoms. The van der Waals surface area contributed by atoms with Crippen LogP contribution in [0.1, 0.15) is 120 Å². The van der Waals surface area contributed by atoms with Gasteiger partial charge in [-0.15, -0.1) is 0 Å². The van der Waals surface area contributed by atoms with Crippen LogP contribution in [-0.4, -0.2) is 239 Å². The van der Waals surface area contributed by atoms with Crippen LogP contribution in [0.3, 0.4) is 0 Å². The lowest BCUT2D eigenvalue weighted by atomic mass is 9.78. The number of methoxy groups -OCH3 is 1. The summed E-state index contributed by atoms with van der Waals surface area (Å²) in [7, 11) is 5.44. The lowest BCUT2D eigenvalue weighted by molar-refractivity contribution is -0.160. The van der Waals surface area contributed by atoms with Gasteiger partial charge in [-0.25, -0.2) is 9.18 Å². The number of aromatic hydroxyl groups is 3. The number of hydrazone groups is 1. The molecule has 1 amide bonds. The topological polar surface area (TPSA) is 360 Å². The van der Waals surface area contributed by atoms with Gasteiger partial charge in [-0.1, -0.05) is 59.8 Å². The Morgan fingerprint density at radius 1 is 0.838 bits per heavy atom. The summed E-state index contributed by atoms with van der Waals surface area (Å²) in [6.07, 6.45) is 8.08. The van der Waals surface area contributed by atoms with Gasteiger partial charge in [-0.2, -0.15) is 5.10 Å². The van der Waals surface area contributed by atoms with Gasteiger partial charge >= 0.3 is 17.7 Å². The number of halogens is 1. The zero-order valence-corrected chi connectivity index (χ0v) is 59.3. The number of aromatic carboxylic acids is 1. The second kappa shape index (κ2) is 34.4. The highest BCUT2D eigenvalue weighted by molar-refractivity contribution is 6.24. The van der Waals surface area contributed by atoms with Crippen LogP contribution < -0.4 is 35.8 Å². The number of amides is 1. The first-order valence-corrected chi connectivity index (χ1v) is 33.8. The van der Waals surface area contributed by atoms with E-state index in [4.69, 9.17) is 33.9 Å². The van der Waals surface area contributed by atoms with Gasteiger partial charge in [0, 0.05) is 145 Å². The molecular weight excluding hydrogens is 1290 g/mol. The van der Waals surface area contributed by atoms with E-state index >= 15 is 0 Å². The zero-order valence-electron chi connectivity index (χ0n) is 59.3. The smallest absolute Gasteiger partial charge is 0.341 e. The summed E-state index contributed by atoms with van der Waals surface area (Å²) in [5, 5.41) is 100. The Labute approximate surface area is 577 Å². The SMILES string of the molecule is CC[C@@H](CO)NCCN[C@@H](CC)CO.CO[C@H]1/C=C/O[C@@]2(C)Oc3c(C)c(O)c4c(O)c(c(/C=N\N5CCN(C)CC5)c(O)c4c3C2=O)NC(=O)/C(C)=C\C=C\[C@H](C)[C@H](O)[C@@H](C)[C@@H](O)[C@@H](C)[C@H](OC(C)=O)[C@@H]1C.C[C@H]1COc2c(N3CCN(C)CC3)c(F)cc3c(=O)c(C(=O)O)cn1c23. The number of piperazine rings is 2. The standard InChI is InChI=1S/C43H58N4O12.C18H20FN3O4.C10H24N2O2/c1-21-12-11-13-22(2)42(55)45-33-28(20-44-47-17-15-46(9)16-18-47)37(52)30-31(38(33)53)36(51)26(6)40-32(30)41(54)43(8,59-40)57-19-14-29(56-10)23(3)39(58-27(7)48)25(5)35(50)24(4)34(21)49;1-10-9-26-17-14-11(16(23)12(18(24)25)8-22(10)14)7-13(19)15(17)21-5-3-20(2)4-6-21;1-3-9(7-13)11-5-6-12-10(4-2)8-14/h11-14,19-21,23-25,29,34-35,39,49-53H,15-18H2,1-10H3,(H,45,55);7-8,10H,3-6,9H2,1-2H3,(H,24,25);9-14H,3-8H2,1-2H3/b12-11+,19-14+,22-13-,44-20-;;/t21-,23+,24+,25+,29-,34-,35+,39+,43-;10-;9-,10-/m000/s1. The van der Waals surface area contributed by atoms with Gasteiger partial charge in [-0.05, 0) is 59.9 Å². The number of allylic oxidation sites excluding steroid dienone is 2. The van der Waals surface area contributed by atoms with E-state index in [1.54, 1.807) is 49.4 Å². The third-order valence-corrected chi connectivity index (χ3v) is 19.5. The van der Waals surface area contributed by atoms with Gasteiger partial charge < -0.3 is 99.8 Å². The maximum absolute atomic E-state index is 15.0. The number of carbonyl (C=O) groups excluding carboxylic acids is 3. The van der Waals surface area contributed by atoms with Crippen molar-refractivity contribution in [2.75, 3.05) is 117 Å². The molecule has 0 radical (unpaired) electrons. The molecule has 11 N–H and O–H groups in total. The van der Waals surface area contributed by atoms with E-state index in [0.717, 1.165) is 58.2 Å². The van der Waals surface area contributed by atoms with Crippen molar-refractivity contribution in [1.29, 1.82) is 0 Å². The number of ketones is 1. The monoisotopic (exact) mass is 1390 g/mol. The van der Waals surface area contributed by atoms with Crippen LogP contribution in [0.4, 0.5) is 15.8 Å². The number of anilines is 2. The van der Waals surface area contributed by atoms with Gasteiger partial charge in [0.25, 0.3) is 11.7 Å². The number of phenolic OH excluding ortho intramolecular Hbond substituents is 3. The molecule has 28 heteroatoms. The number of aliphatic hydroxyl groups is 4. The normalized spacial score (nSPS) is 26.6. The Morgan fingerprint density at radius 3 is 2.01 bits per heavy atom. The van der Waals surface area contributed by atoms with Crippen molar-refractivity contribution in [3.63, 3.8) is 0 Å². The van der Waals surface area contributed by atoms with Gasteiger partial charge in [0.1, 0.15) is 41.2 Å². The number of nitrogens with one attached hydrogen (secondary N) is 3. The zero-order chi connectivity index (χ0) is 73.1.